The van der Waals surface area contributed by atoms with Crippen molar-refractivity contribution in [1.82, 2.24) is 5.32 Å². The summed E-state index contributed by atoms with van der Waals surface area (Å²) in [7, 11) is 0. The first-order valence-electron chi connectivity index (χ1n) is 6.49. The van der Waals surface area contributed by atoms with Gasteiger partial charge >= 0.3 is 0 Å². The summed E-state index contributed by atoms with van der Waals surface area (Å²) in [5.74, 6) is -0.0307. The largest absolute Gasteiger partial charge is 0.324 e. The van der Waals surface area contributed by atoms with Crippen LogP contribution in [-0.4, -0.2) is 12.5 Å². The van der Waals surface area contributed by atoms with E-state index in [1.165, 1.54) is 5.56 Å². The smallest absolute Gasteiger partial charge is 0.238 e. The molecule has 2 rings (SSSR count). The number of para-hydroxylation sites is 1. The van der Waals surface area contributed by atoms with Crippen LogP contribution in [0.5, 0.6) is 0 Å². The molecule has 0 fully saturated rings. The number of anilines is 1. The van der Waals surface area contributed by atoms with Gasteiger partial charge in [-0.05, 0) is 47.2 Å². The minimum absolute atomic E-state index is 0.0307. The van der Waals surface area contributed by atoms with Gasteiger partial charge in [-0.1, -0.05) is 42.5 Å². The fraction of sp³-hybridized carbons (Fsp3) is 0.188. The predicted octanol–water partition coefficient (Wildman–Crippen LogP) is 3.58. The maximum atomic E-state index is 11.9. The van der Waals surface area contributed by atoms with Crippen LogP contribution >= 0.6 is 22.6 Å². The van der Waals surface area contributed by atoms with Crippen molar-refractivity contribution in [2.45, 2.75) is 13.0 Å². The van der Waals surface area contributed by atoms with Gasteiger partial charge in [-0.3, -0.25) is 4.79 Å². The van der Waals surface area contributed by atoms with Gasteiger partial charge in [0.2, 0.25) is 5.91 Å². The minimum atomic E-state index is -0.0307. The molecule has 0 saturated heterocycles. The molecule has 104 valence electrons. The number of nitrogens with one attached hydrogen (secondary N) is 2. The third kappa shape index (κ3) is 4.31. The second-order valence-corrected chi connectivity index (χ2v) is 5.70. The Balaban J connectivity index is 1.85. The van der Waals surface area contributed by atoms with Gasteiger partial charge in [-0.2, -0.15) is 0 Å². The fourth-order valence-electron chi connectivity index (χ4n) is 1.86. The van der Waals surface area contributed by atoms with Gasteiger partial charge in [0.15, 0.2) is 0 Å². The lowest BCUT2D eigenvalue weighted by Gasteiger charge is -2.14. The molecule has 2 N–H and O–H groups in total. The van der Waals surface area contributed by atoms with Crippen LogP contribution in [0.3, 0.4) is 0 Å². The highest BCUT2D eigenvalue weighted by Crippen LogP contribution is 2.16. The number of hydrogen-bond donors (Lipinski definition) is 2. The molecule has 0 heterocycles. The van der Waals surface area contributed by atoms with Gasteiger partial charge < -0.3 is 10.6 Å². The normalized spacial score (nSPS) is 11.9. The molecule has 0 aromatic heterocycles. The summed E-state index contributed by atoms with van der Waals surface area (Å²) in [6.45, 7) is 2.34. The van der Waals surface area contributed by atoms with Gasteiger partial charge in [0.05, 0.1) is 12.2 Å². The fourth-order valence-corrected chi connectivity index (χ4v) is 2.38. The molecule has 0 aliphatic rings. The Labute approximate surface area is 132 Å². The van der Waals surface area contributed by atoms with Crippen molar-refractivity contribution in [3.05, 3.63) is 63.7 Å². The van der Waals surface area contributed by atoms with Crippen LogP contribution in [0.25, 0.3) is 0 Å². The van der Waals surface area contributed by atoms with Crippen LogP contribution < -0.4 is 10.6 Å². The molecule has 0 aliphatic heterocycles. The zero-order valence-corrected chi connectivity index (χ0v) is 13.4. The molecule has 20 heavy (non-hydrogen) atoms. The first-order valence-corrected chi connectivity index (χ1v) is 7.57. The zero-order chi connectivity index (χ0) is 14.4. The lowest BCUT2D eigenvalue weighted by atomic mass is 10.1. The molecule has 0 bridgehead atoms. The number of hydrogen-bond acceptors (Lipinski definition) is 2. The minimum Gasteiger partial charge on any atom is -0.324 e. The predicted molar refractivity (Wildman–Crippen MR) is 90.6 cm³/mol. The average molecular weight is 380 g/mol. The van der Waals surface area contributed by atoms with Crippen LogP contribution in [-0.2, 0) is 4.79 Å². The van der Waals surface area contributed by atoms with E-state index < -0.39 is 0 Å². The molecule has 3 nitrogen and oxygen atoms in total. The molecule has 0 radical (unpaired) electrons. The van der Waals surface area contributed by atoms with Crippen molar-refractivity contribution in [2.75, 3.05) is 11.9 Å². The van der Waals surface area contributed by atoms with E-state index in [0.717, 1.165) is 9.26 Å². The number of halogens is 1. The second-order valence-electron chi connectivity index (χ2n) is 4.54. The molecular weight excluding hydrogens is 363 g/mol. The summed E-state index contributed by atoms with van der Waals surface area (Å²) in [4.78, 5) is 11.9. The van der Waals surface area contributed by atoms with Crippen LogP contribution in [0.2, 0.25) is 0 Å². The van der Waals surface area contributed by atoms with Crippen LogP contribution in [0, 0.1) is 3.57 Å². The second kappa shape index (κ2) is 7.40. The molecule has 0 unspecified atom stereocenters. The van der Waals surface area contributed by atoms with E-state index in [4.69, 9.17) is 0 Å². The number of amides is 1. The molecule has 2 aromatic rings. The third-order valence-corrected chi connectivity index (χ3v) is 3.96. The summed E-state index contributed by atoms with van der Waals surface area (Å²) < 4.78 is 1.04. The lowest BCUT2D eigenvalue weighted by molar-refractivity contribution is -0.115. The van der Waals surface area contributed by atoms with E-state index >= 15 is 0 Å². The van der Waals surface area contributed by atoms with Crippen LogP contribution in [0.15, 0.2) is 54.6 Å². The van der Waals surface area contributed by atoms with E-state index in [9.17, 15) is 4.79 Å². The van der Waals surface area contributed by atoms with Crippen molar-refractivity contribution >= 4 is 34.2 Å². The van der Waals surface area contributed by atoms with E-state index in [1.54, 1.807) is 0 Å². The molecule has 1 atom stereocenters. The Morgan fingerprint density at radius 1 is 1.10 bits per heavy atom. The Hall–Kier alpha value is -1.40. The first kappa shape index (κ1) is 15.0. The maximum absolute atomic E-state index is 11.9. The van der Waals surface area contributed by atoms with Crippen molar-refractivity contribution in [3.8, 4) is 0 Å². The summed E-state index contributed by atoms with van der Waals surface area (Å²) in [6, 6.07) is 18.0. The highest BCUT2D eigenvalue weighted by atomic mass is 127. The van der Waals surface area contributed by atoms with Gasteiger partial charge in [0.1, 0.15) is 0 Å². The Kier molecular flexibility index (Phi) is 5.55. The molecule has 1 amide bonds. The first-order chi connectivity index (χ1) is 9.66. The van der Waals surface area contributed by atoms with Crippen molar-refractivity contribution < 1.29 is 4.79 Å². The molecule has 0 aliphatic carbocycles. The van der Waals surface area contributed by atoms with Crippen molar-refractivity contribution in [3.63, 3.8) is 0 Å². The van der Waals surface area contributed by atoms with Crippen LogP contribution in [0.4, 0.5) is 5.69 Å². The van der Waals surface area contributed by atoms with Gasteiger partial charge in [0, 0.05) is 9.61 Å². The summed E-state index contributed by atoms with van der Waals surface area (Å²) in [6.07, 6.45) is 0. The summed E-state index contributed by atoms with van der Waals surface area (Å²) >= 11 is 2.21. The summed E-state index contributed by atoms with van der Waals surface area (Å²) in [5.41, 5.74) is 2.03. The molecule has 0 spiro atoms. The third-order valence-electron chi connectivity index (χ3n) is 3.02. The van der Waals surface area contributed by atoms with Gasteiger partial charge in [0.25, 0.3) is 0 Å². The van der Waals surface area contributed by atoms with E-state index in [2.05, 4.69) is 52.3 Å². The maximum Gasteiger partial charge on any atom is 0.238 e. The average Bonchev–Trinajstić information content (AvgIpc) is 2.48. The van der Waals surface area contributed by atoms with E-state index in [-0.39, 0.29) is 11.9 Å². The molecule has 4 heteroatoms. The quantitative estimate of drug-likeness (QED) is 0.779. The van der Waals surface area contributed by atoms with Crippen LogP contribution in [0.1, 0.15) is 18.5 Å². The van der Waals surface area contributed by atoms with E-state index in [0.29, 0.717) is 6.54 Å². The highest BCUT2D eigenvalue weighted by Gasteiger charge is 2.08. The van der Waals surface area contributed by atoms with Crippen molar-refractivity contribution in [2.24, 2.45) is 0 Å². The number of benzene rings is 2. The van der Waals surface area contributed by atoms with Gasteiger partial charge in [-0.15, -0.1) is 0 Å². The standard InChI is InChI=1S/C16H17IN2O/c1-12(13-7-3-2-4-8-13)18-11-16(20)19-15-10-6-5-9-14(15)17/h2-10,12,18H,11H2,1H3,(H,19,20)/t12-/m1/s1. The number of carbonyl (C=O) groups excluding carboxylic acids is 1. The van der Waals surface area contributed by atoms with Gasteiger partial charge in [-0.25, -0.2) is 0 Å². The zero-order valence-electron chi connectivity index (χ0n) is 11.3. The Morgan fingerprint density at radius 2 is 1.75 bits per heavy atom. The van der Waals surface area contributed by atoms with E-state index in [1.807, 2.05) is 42.5 Å². The monoisotopic (exact) mass is 380 g/mol. The highest BCUT2D eigenvalue weighted by molar-refractivity contribution is 14.1. The number of carbonyl (C=O) groups is 1. The lowest BCUT2D eigenvalue weighted by Crippen LogP contribution is -2.30. The SMILES string of the molecule is C[C@@H](NCC(=O)Nc1ccccc1I)c1ccccc1. The Morgan fingerprint density at radius 3 is 2.45 bits per heavy atom. The van der Waals surface area contributed by atoms with Crippen molar-refractivity contribution in [1.29, 1.82) is 0 Å². The summed E-state index contributed by atoms with van der Waals surface area (Å²) in [5, 5.41) is 6.13. The molecule has 2 aromatic carbocycles. The topological polar surface area (TPSA) is 41.1 Å². The molecule has 0 saturated carbocycles. The number of rotatable bonds is 5. The Bertz CT molecular complexity index is 572. The molecular formula is C16H17IN2O.